The second kappa shape index (κ2) is 9.71. The molecule has 164 valence electrons. The topological polar surface area (TPSA) is 52.7 Å². The van der Waals surface area contributed by atoms with Crippen LogP contribution >= 0.6 is 27.5 Å². The average molecular weight is 517 g/mol. The Balaban J connectivity index is 1.49. The lowest BCUT2D eigenvalue weighted by molar-refractivity contribution is 0.0742. The molecule has 0 aromatic heterocycles. The van der Waals surface area contributed by atoms with E-state index in [1.54, 1.807) is 47.4 Å². The molecule has 0 radical (unpaired) electrons. The molecule has 1 aliphatic rings. The number of nitrogens with zero attached hydrogens (tertiary/aromatic N) is 2. The summed E-state index contributed by atoms with van der Waals surface area (Å²) in [6, 6.07) is 18.5. The summed E-state index contributed by atoms with van der Waals surface area (Å²) in [5.74, 6) is -1.09. The number of benzene rings is 3. The highest BCUT2D eigenvalue weighted by Gasteiger charge is 2.25. The van der Waals surface area contributed by atoms with Crippen molar-refractivity contribution >= 4 is 50.7 Å². The third-order valence-corrected chi connectivity index (χ3v) is 6.26. The molecular formula is C24H20BrClFN3O2. The Morgan fingerprint density at radius 3 is 2.25 bits per heavy atom. The molecule has 8 heteroatoms. The summed E-state index contributed by atoms with van der Waals surface area (Å²) < 4.78 is 14.7. The van der Waals surface area contributed by atoms with Gasteiger partial charge in [-0.1, -0.05) is 35.9 Å². The minimum Gasteiger partial charge on any atom is -0.366 e. The van der Waals surface area contributed by atoms with E-state index in [4.69, 9.17) is 11.6 Å². The van der Waals surface area contributed by atoms with E-state index >= 15 is 0 Å². The van der Waals surface area contributed by atoms with Crippen molar-refractivity contribution in [3.05, 3.63) is 93.2 Å². The Labute approximate surface area is 198 Å². The van der Waals surface area contributed by atoms with Crippen LogP contribution in [0.1, 0.15) is 20.7 Å². The van der Waals surface area contributed by atoms with Gasteiger partial charge in [-0.15, -0.1) is 0 Å². The zero-order valence-corrected chi connectivity index (χ0v) is 19.4. The summed E-state index contributed by atoms with van der Waals surface area (Å²) in [6.07, 6.45) is 0. The van der Waals surface area contributed by atoms with Crippen LogP contribution in [-0.4, -0.2) is 42.9 Å². The molecule has 1 N–H and O–H groups in total. The van der Waals surface area contributed by atoms with Gasteiger partial charge >= 0.3 is 0 Å². The van der Waals surface area contributed by atoms with Crippen LogP contribution in [0.25, 0.3) is 0 Å². The van der Waals surface area contributed by atoms with Crippen LogP contribution in [0.2, 0.25) is 5.02 Å². The van der Waals surface area contributed by atoms with Crippen LogP contribution in [0.5, 0.6) is 0 Å². The summed E-state index contributed by atoms with van der Waals surface area (Å²) in [5.41, 5.74) is 1.99. The second-order valence-electron chi connectivity index (χ2n) is 7.35. The number of nitrogens with one attached hydrogen (secondary N) is 1. The summed E-state index contributed by atoms with van der Waals surface area (Å²) in [7, 11) is 0. The molecule has 1 fully saturated rings. The van der Waals surface area contributed by atoms with Crippen molar-refractivity contribution < 1.29 is 14.0 Å². The van der Waals surface area contributed by atoms with Gasteiger partial charge in [0.05, 0.1) is 22.5 Å². The predicted octanol–water partition coefficient (Wildman–Crippen LogP) is 5.46. The van der Waals surface area contributed by atoms with E-state index in [1.165, 1.54) is 12.1 Å². The van der Waals surface area contributed by atoms with Crippen LogP contribution in [0.15, 0.2) is 71.2 Å². The number of hydrogen-bond acceptors (Lipinski definition) is 3. The van der Waals surface area contributed by atoms with E-state index in [2.05, 4.69) is 26.1 Å². The summed E-state index contributed by atoms with van der Waals surface area (Å²) in [4.78, 5) is 29.2. The van der Waals surface area contributed by atoms with Crippen molar-refractivity contribution in [2.45, 2.75) is 0 Å². The Bertz CT molecular complexity index is 1170. The number of piperazine rings is 1. The number of halogens is 3. The van der Waals surface area contributed by atoms with Gasteiger partial charge < -0.3 is 15.1 Å². The van der Waals surface area contributed by atoms with Crippen LogP contribution in [0, 0.1) is 5.82 Å². The molecule has 0 atom stereocenters. The van der Waals surface area contributed by atoms with Gasteiger partial charge in [-0.05, 0) is 58.4 Å². The molecule has 1 heterocycles. The van der Waals surface area contributed by atoms with E-state index in [1.807, 2.05) is 12.1 Å². The first-order valence-corrected chi connectivity index (χ1v) is 11.3. The Morgan fingerprint density at radius 1 is 0.906 bits per heavy atom. The lowest BCUT2D eigenvalue weighted by atomic mass is 10.1. The van der Waals surface area contributed by atoms with Crippen LogP contribution in [0.4, 0.5) is 15.8 Å². The van der Waals surface area contributed by atoms with E-state index in [9.17, 15) is 14.0 Å². The lowest BCUT2D eigenvalue weighted by Crippen LogP contribution is -2.49. The van der Waals surface area contributed by atoms with Crippen molar-refractivity contribution in [3.8, 4) is 0 Å². The fourth-order valence-corrected chi connectivity index (χ4v) is 4.31. The van der Waals surface area contributed by atoms with Crippen molar-refractivity contribution in [2.75, 3.05) is 36.4 Å². The third kappa shape index (κ3) is 4.79. The Hall–Kier alpha value is -2.90. The van der Waals surface area contributed by atoms with Gasteiger partial charge in [-0.25, -0.2) is 4.39 Å². The van der Waals surface area contributed by atoms with Gasteiger partial charge in [0, 0.05) is 35.7 Å². The molecule has 2 amide bonds. The fraction of sp³-hybridized carbons (Fsp3) is 0.167. The molecule has 0 saturated carbocycles. The first-order valence-electron chi connectivity index (χ1n) is 10.1. The smallest absolute Gasteiger partial charge is 0.256 e. The van der Waals surface area contributed by atoms with Crippen molar-refractivity contribution in [2.24, 2.45) is 0 Å². The molecule has 3 aromatic carbocycles. The summed E-state index contributed by atoms with van der Waals surface area (Å²) >= 11 is 9.60. The Kier molecular flexibility index (Phi) is 6.77. The van der Waals surface area contributed by atoms with Crippen molar-refractivity contribution in [1.82, 2.24) is 4.90 Å². The number of rotatable bonds is 4. The number of carbonyl (C=O) groups is 2. The molecule has 1 saturated heterocycles. The van der Waals surface area contributed by atoms with Gasteiger partial charge in [0.15, 0.2) is 0 Å². The monoisotopic (exact) mass is 515 g/mol. The maximum absolute atomic E-state index is 14.0. The first kappa shape index (κ1) is 22.3. The van der Waals surface area contributed by atoms with Gasteiger partial charge in [0.2, 0.25) is 0 Å². The molecule has 0 spiro atoms. The van der Waals surface area contributed by atoms with Gasteiger partial charge in [-0.3, -0.25) is 9.59 Å². The van der Waals surface area contributed by atoms with E-state index in [0.717, 1.165) is 5.69 Å². The van der Waals surface area contributed by atoms with Crippen molar-refractivity contribution in [1.29, 1.82) is 0 Å². The Morgan fingerprint density at radius 2 is 1.56 bits per heavy atom. The maximum Gasteiger partial charge on any atom is 0.256 e. The fourth-order valence-electron chi connectivity index (χ4n) is 3.67. The highest BCUT2D eigenvalue weighted by atomic mass is 79.9. The molecule has 5 nitrogen and oxygen atoms in total. The molecule has 3 aromatic rings. The summed E-state index contributed by atoms with van der Waals surface area (Å²) in [6.45, 7) is 1.96. The van der Waals surface area contributed by atoms with Crippen LogP contribution < -0.4 is 10.2 Å². The zero-order valence-electron chi connectivity index (χ0n) is 17.0. The normalized spacial score (nSPS) is 13.7. The van der Waals surface area contributed by atoms with Crippen molar-refractivity contribution in [3.63, 3.8) is 0 Å². The molecule has 1 aliphatic heterocycles. The molecule has 32 heavy (non-hydrogen) atoms. The van der Waals surface area contributed by atoms with E-state index in [0.29, 0.717) is 46.9 Å². The molecule has 4 rings (SSSR count). The number of anilines is 2. The van der Waals surface area contributed by atoms with Gasteiger partial charge in [-0.2, -0.15) is 0 Å². The van der Waals surface area contributed by atoms with Crippen LogP contribution in [-0.2, 0) is 0 Å². The second-order valence-corrected chi connectivity index (χ2v) is 8.65. The van der Waals surface area contributed by atoms with Gasteiger partial charge in [0.25, 0.3) is 11.8 Å². The minimum absolute atomic E-state index is 0.0776. The molecule has 0 unspecified atom stereocenters. The zero-order chi connectivity index (χ0) is 22.7. The SMILES string of the molecule is O=C(Nc1cc(Cl)ccc1N1CCN(C(=O)c2ccccc2F)CC1)c1ccccc1Br. The largest absolute Gasteiger partial charge is 0.366 e. The molecular weight excluding hydrogens is 497 g/mol. The maximum atomic E-state index is 14.0. The number of hydrogen-bond donors (Lipinski definition) is 1. The summed E-state index contributed by atoms with van der Waals surface area (Å²) in [5, 5.41) is 3.45. The van der Waals surface area contributed by atoms with Crippen LogP contribution in [0.3, 0.4) is 0 Å². The highest BCUT2D eigenvalue weighted by molar-refractivity contribution is 9.10. The quantitative estimate of drug-likeness (QED) is 0.501. The third-order valence-electron chi connectivity index (χ3n) is 5.34. The average Bonchev–Trinajstić information content (AvgIpc) is 2.79. The predicted molar refractivity (Wildman–Crippen MR) is 128 cm³/mol. The van der Waals surface area contributed by atoms with E-state index in [-0.39, 0.29) is 17.4 Å². The number of amides is 2. The standard InChI is InChI=1S/C24H20BrClFN3O2/c25-19-7-3-1-5-17(19)23(31)28-21-15-16(26)9-10-22(21)29-11-13-30(14-12-29)24(32)18-6-2-4-8-20(18)27/h1-10,15H,11-14H2,(H,28,31). The number of carbonyl (C=O) groups excluding carboxylic acids is 2. The molecule has 0 aliphatic carbocycles. The van der Waals surface area contributed by atoms with Gasteiger partial charge in [0.1, 0.15) is 5.82 Å². The highest BCUT2D eigenvalue weighted by Crippen LogP contribution is 2.31. The van der Waals surface area contributed by atoms with E-state index < -0.39 is 5.82 Å². The lowest BCUT2D eigenvalue weighted by Gasteiger charge is -2.37. The minimum atomic E-state index is -0.519. The first-order chi connectivity index (χ1) is 15.4. The molecule has 0 bridgehead atoms.